The standard InChI is InChI=1S/C18H20BClN6/c1-26(10-12-4-2-3-5-14(12)20)18-21-9-13(19)17(23-18)22-16-8-15(24-25-16)11-6-7-11/h2-5,8-9,11H,6-7,10,19H2,1H3,(H2,21,22,23,24,25). The van der Waals surface area contributed by atoms with Crippen molar-refractivity contribution < 1.29 is 0 Å². The molecule has 0 atom stereocenters. The quantitative estimate of drug-likeness (QED) is 0.656. The Bertz CT molecular complexity index is 924. The van der Waals surface area contributed by atoms with Gasteiger partial charge < -0.3 is 10.2 Å². The highest BCUT2D eigenvalue weighted by atomic mass is 35.5. The minimum atomic E-state index is 0.635. The van der Waals surface area contributed by atoms with Crippen LogP contribution in [0.25, 0.3) is 0 Å². The molecular weight excluding hydrogens is 347 g/mol. The van der Waals surface area contributed by atoms with Gasteiger partial charge in [0.2, 0.25) is 5.95 Å². The number of halogens is 1. The second kappa shape index (κ2) is 7.00. The van der Waals surface area contributed by atoms with E-state index in [0.717, 1.165) is 27.7 Å². The first kappa shape index (κ1) is 16.9. The minimum absolute atomic E-state index is 0.635. The molecular formula is C18H20BClN6. The van der Waals surface area contributed by atoms with Crippen LogP contribution in [0, 0.1) is 0 Å². The highest BCUT2D eigenvalue weighted by Crippen LogP contribution is 2.39. The van der Waals surface area contributed by atoms with Crippen molar-refractivity contribution in [2.24, 2.45) is 0 Å². The molecule has 0 unspecified atom stereocenters. The highest BCUT2D eigenvalue weighted by Gasteiger charge is 2.25. The lowest BCUT2D eigenvalue weighted by Crippen LogP contribution is -2.22. The molecule has 0 bridgehead atoms. The first-order valence-corrected chi connectivity index (χ1v) is 9.08. The van der Waals surface area contributed by atoms with Crippen LogP contribution in [0.5, 0.6) is 0 Å². The maximum Gasteiger partial charge on any atom is 0.227 e. The third-order valence-electron chi connectivity index (χ3n) is 4.53. The zero-order valence-electron chi connectivity index (χ0n) is 14.8. The lowest BCUT2D eigenvalue weighted by atomic mass is 9.99. The van der Waals surface area contributed by atoms with Gasteiger partial charge in [0.1, 0.15) is 13.7 Å². The van der Waals surface area contributed by atoms with Gasteiger partial charge in [-0.15, -0.1) is 0 Å². The van der Waals surface area contributed by atoms with Crippen molar-refractivity contribution in [3.05, 3.63) is 52.8 Å². The summed E-state index contributed by atoms with van der Waals surface area (Å²) in [5, 5.41) is 11.5. The van der Waals surface area contributed by atoms with Gasteiger partial charge in [0.15, 0.2) is 5.82 Å². The second-order valence-electron chi connectivity index (χ2n) is 6.76. The number of benzene rings is 1. The fourth-order valence-corrected chi connectivity index (χ4v) is 3.02. The number of anilines is 3. The van der Waals surface area contributed by atoms with Gasteiger partial charge in [-0.05, 0) is 29.9 Å². The molecule has 4 rings (SSSR count). The molecule has 132 valence electrons. The van der Waals surface area contributed by atoms with Crippen LogP contribution in [0.4, 0.5) is 17.6 Å². The van der Waals surface area contributed by atoms with E-state index in [9.17, 15) is 0 Å². The Kier molecular flexibility index (Phi) is 4.55. The summed E-state index contributed by atoms with van der Waals surface area (Å²) in [5.41, 5.74) is 3.20. The molecule has 6 nitrogen and oxygen atoms in total. The van der Waals surface area contributed by atoms with Crippen LogP contribution in [0.2, 0.25) is 5.02 Å². The smallest absolute Gasteiger partial charge is 0.227 e. The van der Waals surface area contributed by atoms with Crippen LogP contribution in [0.1, 0.15) is 30.0 Å². The van der Waals surface area contributed by atoms with Gasteiger partial charge in [-0.1, -0.05) is 29.8 Å². The Labute approximate surface area is 158 Å². The molecule has 8 heteroatoms. The zero-order valence-corrected chi connectivity index (χ0v) is 15.6. The topological polar surface area (TPSA) is 69.7 Å². The van der Waals surface area contributed by atoms with Crippen LogP contribution in [0.15, 0.2) is 36.5 Å². The Morgan fingerprint density at radius 1 is 1.35 bits per heavy atom. The van der Waals surface area contributed by atoms with Gasteiger partial charge in [-0.25, -0.2) is 4.98 Å². The molecule has 1 aliphatic rings. The summed E-state index contributed by atoms with van der Waals surface area (Å²) in [6, 6.07) is 9.87. The van der Waals surface area contributed by atoms with E-state index in [-0.39, 0.29) is 0 Å². The van der Waals surface area contributed by atoms with Crippen molar-refractivity contribution in [3.63, 3.8) is 0 Å². The summed E-state index contributed by atoms with van der Waals surface area (Å²) in [6.07, 6.45) is 4.30. The largest absolute Gasteiger partial charge is 0.339 e. The van der Waals surface area contributed by atoms with Crippen molar-refractivity contribution in [1.82, 2.24) is 20.2 Å². The van der Waals surface area contributed by atoms with Crippen LogP contribution >= 0.6 is 11.6 Å². The van der Waals surface area contributed by atoms with Gasteiger partial charge in [-0.2, -0.15) is 10.1 Å². The lowest BCUT2D eigenvalue weighted by molar-refractivity contribution is 0.869. The van der Waals surface area contributed by atoms with Crippen LogP contribution < -0.4 is 15.7 Å². The third kappa shape index (κ3) is 3.67. The van der Waals surface area contributed by atoms with E-state index in [1.54, 1.807) is 0 Å². The average Bonchev–Trinajstić information content (AvgIpc) is 3.38. The van der Waals surface area contributed by atoms with E-state index in [4.69, 9.17) is 11.6 Å². The predicted molar refractivity (Wildman–Crippen MR) is 108 cm³/mol. The Morgan fingerprint density at radius 2 is 2.15 bits per heavy atom. The van der Waals surface area contributed by atoms with E-state index in [1.165, 1.54) is 18.5 Å². The number of aromatic amines is 1. The number of hydrogen-bond donors (Lipinski definition) is 2. The monoisotopic (exact) mass is 366 g/mol. The molecule has 1 aromatic carbocycles. The molecule has 2 heterocycles. The average molecular weight is 367 g/mol. The van der Waals surface area contributed by atoms with Gasteiger partial charge in [0.25, 0.3) is 0 Å². The maximum absolute atomic E-state index is 6.26. The highest BCUT2D eigenvalue weighted by molar-refractivity contribution is 6.35. The predicted octanol–water partition coefficient (Wildman–Crippen LogP) is 2.37. The summed E-state index contributed by atoms with van der Waals surface area (Å²) >= 11 is 6.26. The van der Waals surface area contributed by atoms with Gasteiger partial charge in [0, 0.05) is 42.5 Å². The van der Waals surface area contributed by atoms with Crippen molar-refractivity contribution >= 4 is 42.5 Å². The number of hydrogen-bond acceptors (Lipinski definition) is 5. The van der Waals surface area contributed by atoms with Crippen molar-refractivity contribution in [2.75, 3.05) is 17.3 Å². The van der Waals surface area contributed by atoms with E-state index in [2.05, 4.69) is 31.5 Å². The van der Waals surface area contributed by atoms with E-state index in [1.807, 2.05) is 50.3 Å². The molecule has 2 N–H and O–H groups in total. The van der Waals surface area contributed by atoms with E-state index < -0.39 is 0 Å². The summed E-state index contributed by atoms with van der Waals surface area (Å²) in [6.45, 7) is 0.635. The van der Waals surface area contributed by atoms with Crippen molar-refractivity contribution in [2.45, 2.75) is 25.3 Å². The van der Waals surface area contributed by atoms with Crippen LogP contribution in [-0.4, -0.2) is 35.1 Å². The molecule has 26 heavy (non-hydrogen) atoms. The number of aromatic nitrogens is 4. The number of rotatable bonds is 6. The molecule has 0 saturated heterocycles. The number of nitrogens with one attached hydrogen (secondary N) is 2. The number of nitrogens with zero attached hydrogens (tertiary/aromatic N) is 4. The summed E-state index contributed by atoms with van der Waals surface area (Å²) < 4.78 is 0. The Morgan fingerprint density at radius 3 is 2.92 bits per heavy atom. The second-order valence-corrected chi connectivity index (χ2v) is 7.16. The molecule has 1 fully saturated rings. The molecule has 2 aromatic heterocycles. The zero-order chi connectivity index (χ0) is 18.1. The Hall–Kier alpha value is -2.54. The first-order chi connectivity index (χ1) is 12.6. The van der Waals surface area contributed by atoms with Crippen LogP contribution in [0.3, 0.4) is 0 Å². The molecule has 1 saturated carbocycles. The Balaban J connectivity index is 1.52. The number of H-pyrrole nitrogens is 1. The SMILES string of the molecule is Bc1cnc(N(C)Cc2ccccc2Cl)nc1Nc1cc(C2CC2)[nH]n1. The fourth-order valence-electron chi connectivity index (χ4n) is 2.82. The molecule has 0 aliphatic heterocycles. The van der Waals surface area contributed by atoms with Gasteiger partial charge >= 0.3 is 0 Å². The third-order valence-corrected chi connectivity index (χ3v) is 4.90. The molecule has 0 spiro atoms. The van der Waals surface area contributed by atoms with Crippen LogP contribution in [-0.2, 0) is 6.54 Å². The summed E-state index contributed by atoms with van der Waals surface area (Å²) in [7, 11) is 3.94. The normalized spacial score (nSPS) is 13.6. The summed E-state index contributed by atoms with van der Waals surface area (Å²) in [5.74, 6) is 2.82. The van der Waals surface area contributed by atoms with E-state index in [0.29, 0.717) is 18.4 Å². The summed E-state index contributed by atoms with van der Waals surface area (Å²) in [4.78, 5) is 11.1. The van der Waals surface area contributed by atoms with E-state index >= 15 is 0 Å². The minimum Gasteiger partial charge on any atom is -0.339 e. The first-order valence-electron chi connectivity index (χ1n) is 8.70. The van der Waals surface area contributed by atoms with Gasteiger partial charge in [-0.3, -0.25) is 5.10 Å². The molecule has 0 amide bonds. The maximum atomic E-state index is 6.26. The molecule has 1 aliphatic carbocycles. The fraction of sp³-hybridized carbons (Fsp3) is 0.278. The molecule has 3 aromatic rings. The molecule has 0 radical (unpaired) electrons. The van der Waals surface area contributed by atoms with Gasteiger partial charge in [0.05, 0.1) is 0 Å². The lowest BCUT2D eigenvalue weighted by Gasteiger charge is -2.19. The van der Waals surface area contributed by atoms with Crippen molar-refractivity contribution in [1.29, 1.82) is 0 Å². The van der Waals surface area contributed by atoms with Crippen molar-refractivity contribution in [3.8, 4) is 0 Å².